The highest BCUT2D eigenvalue weighted by Gasteiger charge is 2.14. The molecule has 0 radical (unpaired) electrons. The summed E-state index contributed by atoms with van der Waals surface area (Å²) in [5.41, 5.74) is 0. The molecular formula is C13H15F2NO3S. The Morgan fingerprint density at radius 2 is 2.05 bits per heavy atom. The number of hydrogen-bond acceptors (Lipinski definition) is 3. The number of halogens is 2. The summed E-state index contributed by atoms with van der Waals surface area (Å²) in [5.74, 6) is -2.65. The van der Waals surface area contributed by atoms with Crippen molar-refractivity contribution in [1.29, 1.82) is 0 Å². The lowest BCUT2D eigenvalue weighted by Gasteiger charge is -2.19. The molecule has 110 valence electrons. The third kappa shape index (κ3) is 5.16. The van der Waals surface area contributed by atoms with Gasteiger partial charge in [0, 0.05) is 24.1 Å². The number of rotatable bonds is 7. The minimum Gasteiger partial charge on any atom is -0.481 e. The van der Waals surface area contributed by atoms with Gasteiger partial charge in [0.2, 0.25) is 5.91 Å². The standard InChI is InChI=1S/C13H15F2NO3S/c1-2-16(6-5-13(18)19)12(17)8-20-11-4-3-9(14)7-10(11)15/h3-4,7H,2,5-6,8H2,1H3,(H,18,19). The second-order valence-electron chi connectivity index (χ2n) is 3.98. The minimum absolute atomic E-state index is 0.0178. The largest absolute Gasteiger partial charge is 0.481 e. The molecule has 1 amide bonds. The third-order valence-corrected chi connectivity index (χ3v) is 3.61. The lowest BCUT2D eigenvalue weighted by Crippen LogP contribution is -2.34. The van der Waals surface area contributed by atoms with Gasteiger partial charge in [0.25, 0.3) is 0 Å². The molecule has 0 aliphatic carbocycles. The summed E-state index contributed by atoms with van der Waals surface area (Å²) < 4.78 is 26.1. The van der Waals surface area contributed by atoms with Crippen LogP contribution >= 0.6 is 11.8 Å². The van der Waals surface area contributed by atoms with E-state index in [-0.39, 0.29) is 29.5 Å². The molecule has 0 aliphatic rings. The van der Waals surface area contributed by atoms with Gasteiger partial charge in [-0.1, -0.05) is 0 Å². The monoisotopic (exact) mass is 303 g/mol. The van der Waals surface area contributed by atoms with Crippen molar-refractivity contribution in [3.05, 3.63) is 29.8 Å². The molecule has 1 aromatic carbocycles. The van der Waals surface area contributed by atoms with Crippen LogP contribution in [0.15, 0.2) is 23.1 Å². The van der Waals surface area contributed by atoms with E-state index < -0.39 is 17.6 Å². The summed E-state index contributed by atoms with van der Waals surface area (Å²) in [6.45, 7) is 2.25. The fourth-order valence-corrected chi connectivity index (χ4v) is 2.34. The molecule has 0 spiro atoms. The number of carbonyl (C=O) groups excluding carboxylic acids is 1. The third-order valence-electron chi connectivity index (χ3n) is 2.58. The molecule has 0 aliphatic heterocycles. The summed E-state index contributed by atoms with van der Waals surface area (Å²) in [7, 11) is 0. The van der Waals surface area contributed by atoms with Crippen molar-refractivity contribution in [3.63, 3.8) is 0 Å². The van der Waals surface area contributed by atoms with Gasteiger partial charge >= 0.3 is 5.97 Å². The molecule has 20 heavy (non-hydrogen) atoms. The van der Waals surface area contributed by atoms with Crippen molar-refractivity contribution in [2.45, 2.75) is 18.2 Å². The van der Waals surface area contributed by atoms with E-state index in [2.05, 4.69) is 0 Å². The van der Waals surface area contributed by atoms with Crippen LogP contribution in [-0.4, -0.2) is 40.7 Å². The highest BCUT2D eigenvalue weighted by molar-refractivity contribution is 8.00. The van der Waals surface area contributed by atoms with Gasteiger partial charge in [-0.3, -0.25) is 9.59 Å². The Morgan fingerprint density at radius 3 is 2.60 bits per heavy atom. The summed E-state index contributed by atoms with van der Waals surface area (Å²) in [4.78, 5) is 23.9. The lowest BCUT2D eigenvalue weighted by molar-refractivity contribution is -0.138. The maximum absolute atomic E-state index is 13.4. The Morgan fingerprint density at radius 1 is 1.35 bits per heavy atom. The minimum atomic E-state index is -0.978. The van der Waals surface area contributed by atoms with Crippen molar-refractivity contribution in [2.24, 2.45) is 0 Å². The Bertz CT molecular complexity index is 497. The molecule has 0 saturated heterocycles. The zero-order valence-corrected chi connectivity index (χ0v) is 11.8. The molecule has 0 bridgehead atoms. The van der Waals surface area contributed by atoms with Crippen LogP contribution in [0.25, 0.3) is 0 Å². The number of thioether (sulfide) groups is 1. The average Bonchev–Trinajstić information content (AvgIpc) is 2.38. The molecule has 1 aromatic rings. The van der Waals surface area contributed by atoms with Gasteiger partial charge in [0.15, 0.2) is 0 Å². The first-order valence-electron chi connectivity index (χ1n) is 6.01. The molecule has 1 rings (SSSR count). The SMILES string of the molecule is CCN(CCC(=O)O)C(=O)CSc1ccc(F)cc1F. The summed E-state index contributed by atoms with van der Waals surface area (Å²) in [6, 6.07) is 3.16. The van der Waals surface area contributed by atoms with Crippen molar-refractivity contribution >= 4 is 23.6 Å². The molecule has 0 fully saturated rings. The first kappa shape index (κ1) is 16.4. The number of carbonyl (C=O) groups is 2. The molecule has 0 heterocycles. The highest BCUT2D eigenvalue weighted by Crippen LogP contribution is 2.22. The van der Waals surface area contributed by atoms with Gasteiger partial charge in [-0.05, 0) is 19.1 Å². The topological polar surface area (TPSA) is 57.6 Å². The van der Waals surface area contributed by atoms with E-state index >= 15 is 0 Å². The number of nitrogens with zero attached hydrogens (tertiary/aromatic N) is 1. The van der Waals surface area contributed by atoms with E-state index in [9.17, 15) is 18.4 Å². The molecule has 1 N–H and O–H groups in total. The van der Waals surface area contributed by atoms with Crippen molar-refractivity contribution in [3.8, 4) is 0 Å². The second-order valence-corrected chi connectivity index (χ2v) is 5.00. The van der Waals surface area contributed by atoms with E-state index in [0.29, 0.717) is 6.54 Å². The summed E-state index contributed by atoms with van der Waals surface area (Å²) >= 11 is 0.962. The number of benzene rings is 1. The van der Waals surface area contributed by atoms with Gasteiger partial charge < -0.3 is 10.0 Å². The molecular weight excluding hydrogens is 288 g/mol. The predicted octanol–water partition coefficient (Wildman–Crippen LogP) is 2.38. The van der Waals surface area contributed by atoms with Gasteiger partial charge in [-0.2, -0.15) is 0 Å². The number of carboxylic acids is 1. The van der Waals surface area contributed by atoms with Gasteiger partial charge in [0.05, 0.1) is 12.2 Å². The van der Waals surface area contributed by atoms with Gasteiger partial charge in [0.1, 0.15) is 11.6 Å². The van der Waals surface area contributed by atoms with Crippen molar-refractivity contribution in [1.82, 2.24) is 4.90 Å². The van der Waals surface area contributed by atoms with Crippen LogP contribution in [0.4, 0.5) is 8.78 Å². The average molecular weight is 303 g/mol. The Balaban J connectivity index is 2.54. The van der Waals surface area contributed by atoms with E-state index in [1.165, 1.54) is 11.0 Å². The van der Waals surface area contributed by atoms with Crippen molar-refractivity contribution < 1.29 is 23.5 Å². The smallest absolute Gasteiger partial charge is 0.305 e. The first-order chi connectivity index (χ1) is 9.43. The zero-order chi connectivity index (χ0) is 15.1. The zero-order valence-electron chi connectivity index (χ0n) is 10.9. The van der Waals surface area contributed by atoms with E-state index in [4.69, 9.17) is 5.11 Å². The number of amides is 1. The van der Waals surface area contributed by atoms with Gasteiger partial charge in [-0.15, -0.1) is 11.8 Å². The molecule has 4 nitrogen and oxygen atoms in total. The second kappa shape index (κ2) is 7.84. The quantitative estimate of drug-likeness (QED) is 0.786. The number of aliphatic carboxylic acids is 1. The molecule has 0 unspecified atom stereocenters. The normalized spacial score (nSPS) is 10.3. The molecule has 0 atom stereocenters. The Hall–Kier alpha value is -1.63. The fraction of sp³-hybridized carbons (Fsp3) is 0.385. The first-order valence-corrected chi connectivity index (χ1v) is 7.00. The van der Waals surface area contributed by atoms with Crippen LogP contribution in [0, 0.1) is 11.6 Å². The van der Waals surface area contributed by atoms with Crippen molar-refractivity contribution in [2.75, 3.05) is 18.8 Å². The van der Waals surface area contributed by atoms with Crippen LogP contribution < -0.4 is 0 Å². The van der Waals surface area contributed by atoms with Crippen LogP contribution in [0.3, 0.4) is 0 Å². The Kier molecular flexibility index (Phi) is 6.44. The van der Waals surface area contributed by atoms with Gasteiger partial charge in [-0.25, -0.2) is 8.78 Å². The highest BCUT2D eigenvalue weighted by atomic mass is 32.2. The molecule has 7 heteroatoms. The molecule has 0 saturated carbocycles. The Labute approximate surface area is 119 Å². The van der Waals surface area contributed by atoms with E-state index in [0.717, 1.165) is 23.9 Å². The van der Waals surface area contributed by atoms with E-state index in [1.54, 1.807) is 6.92 Å². The fourth-order valence-electron chi connectivity index (χ4n) is 1.51. The summed E-state index contributed by atoms with van der Waals surface area (Å²) in [6.07, 6.45) is -0.130. The van der Waals surface area contributed by atoms with Crippen LogP contribution in [0.1, 0.15) is 13.3 Å². The van der Waals surface area contributed by atoms with Crippen LogP contribution in [0.2, 0.25) is 0 Å². The number of hydrogen-bond donors (Lipinski definition) is 1. The summed E-state index contributed by atoms with van der Waals surface area (Å²) in [5, 5.41) is 8.58. The maximum Gasteiger partial charge on any atom is 0.305 e. The van der Waals surface area contributed by atoms with E-state index in [1.807, 2.05) is 0 Å². The molecule has 0 aromatic heterocycles. The van der Waals surface area contributed by atoms with Crippen LogP contribution in [0.5, 0.6) is 0 Å². The predicted molar refractivity (Wildman–Crippen MR) is 71.6 cm³/mol. The maximum atomic E-state index is 13.4. The number of carboxylic acid groups (broad SMARTS) is 1. The lowest BCUT2D eigenvalue weighted by atomic mass is 10.3. The van der Waals surface area contributed by atoms with Crippen LogP contribution in [-0.2, 0) is 9.59 Å².